The molecular weight excluding hydrogens is 413 g/mol. The van der Waals surface area contributed by atoms with Gasteiger partial charge in [-0.3, -0.25) is 4.99 Å². The van der Waals surface area contributed by atoms with Gasteiger partial charge in [-0.25, -0.2) is 0 Å². The summed E-state index contributed by atoms with van der Waals surface area (Å²) in [6.07, 6.45) is 8.73. The van der Waals surface area contributed by atoms with Crippen molar-refractivity contribution in [1.29, 1.82) is 0 Å². The SMILES string of the molecule is CN=C(NCCC1=CCCCC1)NCc1cccc(COC)c1.I. The van der Waals surface area contributed by atoms with Gasteiger partial charge in [-0.05, 0) is 43.2 Å². The Labute approximate surface area is 163 Å². The van der Waals surface area contributed by atoms with Gasteiger partial charge in [-0.2, -0.15) is 0 Å². The van der Waals surface area contributed by atoms with Gasteiger partial charge < -0.3 is 15.4 Å². The Kier molecular flexibility index (Phi) is 10.7. The van der Waals surface area contributed by atoms with E-state index in [0.717, 1.165) is 25.5 Å². The zero-order chi connectivity index (χ0) is 16.3. The van der Waals surface area contributed by atoms with Crippen molar-refractivity contribution in [3.05, 3.63) is 47.0 Å². The number of benzene rings is 1. The van der Waals surface area contributed by atoms with Crippen molar-refractivity contribution >= 4 is 29.9 Å². The minimum Gasteiger partial charge on any atom is -0.380 e. The van der Waals surface area contributed by atoms with E-state index in [1.807, 2.05) is 7.05 Å². The lowest BCUT2D eigenvalue weighted by Crippen LogP contribution is -2.37. The summed E-state index contributed by atoms with van der Waals surface area (Å²) < 4.78 is 5.18. The highest BCUT2D eigenvalue weighted by Crippen LogP contribution is 2.19. The van der Waals surface area contributed by atoms with Crippen LogP contribution in [-0.4, -0.2) is 26.7 Å². The zero-order valence-electron chi connectivity index (χ0n) is 14.8. The van der Waals surface area contributed by atoms with E-state index in [9.17, 15) is 0 Å². The van der Waals surface area contributed by atoms with Crippen molar-refractivity contribution < 1.29 is 4.74 Å². The molecule has 0 unspecified atom stereocenters. The van der Waals surface area contributed by atoms with Crippen LogP contribution in [0.1, 0.15) is 43.2 Å². The maximum absolute atomic E-state index is 5.18. The van der Waals surface area contributed by atoms with Crippen LogP contribution >= 0.6 is 24.0 Å². The Morgan fingerprint density at radius 3 is 2.75 bits per heavy atom. The number of guanidine groups is 1. The van der Waals surface area contributed by atoms with Crippen LogP contribution in [0.15, 0.2) is 40.9 Å². The predicted octanol–water partition coefficient (Wildman–Crippen LogP) is 4.01. The number of ether oxygens (including phenoxy) is 1. The highest BCUT2D eigenvalue weighted by Gasteiger charge is 2.04. The molecule has 1 aliphatic rings. The first-order chi connectivity index (χ1) is 11.3. The molecule has 2 N–H and O–H groups in total. The van der Waals surface area contributed by atoms with Crippen molar-refractivity contribution in [1.82, 2.24) is 10.6 Å². The fourth-order valence-electron chi connectivity index (χ4n) is 2.88. The highest BCUT2D eigenvalue weighted by molar-refractivity contribution is 14.0. The van der Waals surface area contributed by atoms with E-state index in [4.69, 9.17) is 4.74 Å². The number of rotatable bonds is 7. The summed E-state index contributed by atoms with van der Waals surface area (Å²) in [7, 11) is 3.54. The molecule has 24 heavy (non-hydrogen) atoms. The maximum Gasteiger partial charge on any atom is 0.191 e. The summed E-state index contributed by atoms with van der Waals surface area (Å²) in [6, 6.07) is 8.43. The average Bonchev–Trinajstić information content (AvgIpc) is 2.59. The van der Waals surface area contributed by atoms with Crippen molar-refractivity contribution in [2.75, 3.05) is 20.7 Å². The third-order valence-electron chi connectivity index (χ3n) is 4.11. The molecule has 5 heteroatoms. The molecule has 0 bridgehead atoms. The number of methoxy groups -OCH3 is 1. The number of hydrogen-bond donors (Lipinski definition) is 2. The number of halogens is 1. The summed E-state index contributed by atoms with van der Waals surface area (Å²) >= 11 is 0. The fraction of sp³-hybridized carbons (Fsp3) is 0.526. The van der Waals surface area contributed by atoms with Crippen LogP contribution in [0.25, 0.3) is 0 Å². The molecule has 0 saturated carbocycles. The number of hydrogen-bond acceptors (Lipinski definition) is 2. The molecule has 0 saturated heterocycles. The summed E-state index contributed by atoms with van der Waals surface area (Å²) in [4.78, 5) is 4.29. The number of allylic oxidation sites excluding steroid dienone is 1. The summed E-state index contributed by atoms with van der Waals surface area (Å²) in [5, 5.41) is 6.77. The molecule has 0 aliphatic heterocycles. The fourth-order valence-corrected chi connectivity index (χ4v) is 2.88. The van der Waals surface area contributed by atoms with Crippen molar-refractivity contribution in [3.8, 4) is 0 Å². The Hall–Kier alpha value is -1.08. The van der Waals surface area contributed by atoms with Crippen LogP contribution in [0.5, 0.6) is 0 Å². The van der Waals surface area contributed by atoms with Gasteiger partial charge in [0.05, 0.1) is 6.61 Å². The van der Waals surface area contributed by atoms with Gasteiger partial charge in [-0.1, -0.05) is 35.9 Å². The quantitative estimate of drug-likeness (QED) is 0.290. The highest BCUT2D eigenvalue weighted by atomic mass is 127. The Bertz CT molecular complexity index is 543. The number of aliphatic imine (C=N–C) groups is 1. The first-order valence-corrected chi connectivity index (χ1v) is 8.51. The molecular formula is C19H30IN3O. The molecule has 4 nitrogen and oxygen atoms in total. The minimum absolute atomic E-state index is 0. The zero-order valence-corrected chi connectivity index (χ0v) is 17.1. The molecule has 2 rings (SSSR count). The lowest BCUT2D eigenvalue weighted by Gasteiger charge is -2.15. The molecule has 1 aromatic carbocycles. The van der Waals surface area contributed by atoms with Gasteiger partial charge in [0.1, 0.15) is 0 Å². The smallest absolute Gasteiger partial charge is 0.191 e. The van der Waals surface area contributed by atoms with Crippen LogP contribution in [-0.2, 0) is 17.9 Å². The molecule has 0 fully saturated rings. The summed E-state index contributed by atoms with van der Waals surface area (Å²) in [5.74, 6) is 0.860. The normalized spacial score (nSPS) is 14.6. The molecule has 0 heterocycles. The van der Waals surface area contributed by atoms with E-state index in [1.165, 1.54) is 36.8 Å². The largest absolute Gasteiger partial charge is 0.380 e. The van der Waals surface area contributed by atoms with Crippen LogP contribution in [0.3, 0.4) is 0 Å². The molecule has 134 valence electrons. The molecule has 0 aromatic heterocycles. The van der Waals surface area contributed by atoms with E-state index >= 15 is 0 Å². The van der Waals surface area contributed by atoms with Crippen molar-refractivity contribution in [2.45, 2.75) is 45.3 Å². The first-order valence-electron chi connectivity index (χ1n) is 8.51. The van der Waals surface area contributed by atoms with Crippen LogP contribution in [0.4, 0.5) is 0 Å². The molecule has 0 atom stereocenters. The third-order valence-corrected chi connectivity index (χ3v) is 4.11. The molecule has 0 spiro atoms. The van der Waals surface area contributed by atoms with Gasteiger partial charge in [-0.15, -0.1) is 24.0 Å². The number of nitrogens with one attached hydrogen (secondary N) is 2. The van der Waals surface area contributed by atoms with Gasteiger partial charge in [0.15, 0.2) is 5.96 Å². The second-order valence-corrected chi connectivity index (χ2v) is 5.96. The molecule has 1 aromatic rings. The monoisotopic (exact) mass is 443 g/mol. The predicted molar refractivity (Wildman–Crippen MR) is 112 cm³/mol. The Balaban J connectivity index is 0.00000288. The van der Waals surface area contributed by atoms with E-state index in [2.05, 4.69) is 46.0 Å². The average molecular weight is 443 g/mol. The minimum atomic E-state index is 0. The van der Waals surface area contributed by atoms with Gasteiger partial charge >= 0.3 is 0 Å². The van der Waals surface area contributed by atoms with Crippen molar-refractivity contribution in [2.24, 2.45) is 4.99 Å². The van der Waals surface area contributed by atoms with Crippen LogP contribution in [0, 0.1) is 0 Å². The van der Waals surface area contributed by atoms with Gasteiger partial charge in [0.25, 0.3) is 0 Å². The molecule has 1 aliphatic carbocycles. The Morgan fingerprint density at radius 2 is 2.04 bits per heavy atom. The van der Waals surface area contributed by atoms with Crippen molar-refractivity contribution in [3.63, 3.8) is 0 Å². The van der Waals surface area contributed by atoms with Gasteiger partial charge in [0.2, 0.25) is 0 Å². The maximum atomic E-state index is 5.18. The summed E-state index contributed by atoms with van der Waals surface area (Å²) in [5.41, 5.74) is 4.02. The first kappa shape index (κ1) is 21.0. The van der Waals surface area contributed by atoms with Crippen LogP contribution < -0.4 is 10.6 Å². The Morgan fingerprint density at radius 1 is 1.21 bits per heavy atom. The topological polar surface area (TPSA) is 45.7 Å². The molecule has 0 amide bonds. The van der Waals surface area contributed by atoms with E-state index in [-0.39, 0.29) is 24.0 Å². The molecule has 0 radical (unpaired) electrons. The third kappa shape index (κ3) is 7.66. The van der Waals surface area contributed by atoms with E-state index in [1.54, 1.807) is 12.7 Å². The van der Waals surface area contributed by atoms with Gasteiger partial charge in [0, 0.05) is 27.2 Å². The lowest BCUT2D eigenvalue weighted by atomic mass is 9.97. The van der Waals surface area contributed by atoms with E-state index in [0.29, 0.717) is 6.61 Å². The lowest BCUT2D eigenvalue weighted by molar-refractivity contribution is 0.185. The van der Waals surface area contributed by atoms with Crippen LogP contribution in [0.2, 0.25) is 0 Å². The second-order valence-electron chi connectivity index (χ2n) is 5.96. The number of nitrogens with zero attached hydrogens (tertiary/aromatic N) is 1. The second kappa shape index (κ2) is 12.3. The summed E-state index contributed by atoms with van der Waals surface area (Å²) in [6.45, 7) is 2.35. The standard InChI is InChI=1S/C19H29N3O.HI/c1-20-19(21-12-11-16-7-4-3-5-8-16)22-14-17-9-6-10-18(13-17)15-23-2;/h6-7,9-10,13H,3-5,8,11-12,14-15H2,1-2H3,(H2,20,21,22);1H. The van der Waals surface area contributed by atoms with E-state index < -0.39 is 0 Å².